The van der Waals surface area contributed by atoms with Gasteiger partial charge in [-0.1, -0.05) is 38.1 Å². The fourth-order valence-electron chi connectivity index (χ4n) is 3.39. The highest BCUT2D eigenvalue weighted by atomic mass is 15.3. The van der Waals surface area contributed by atoms with Gasteiger partial charge in [0.1, 0.15) is 5.82 Å². The lowest BCUT2D eigenvalue weighted by molar-refractivity contribution is 0.694. The van der Waals surface area contributed by atoms with Gasteiger partial charge in [-0.15, -0.1) is 0 Å². The lowest BCUT2D eigenvalue weighted by Crippen LogP contribution is -2.33. The summed E-state index contributed by atoms with van der Waals surface area (Å²) in [5.41, 5.74) is 3.90. The molecule has 2 heterocycles. The molecule has 0 fully saturated rings. The van der Waals surface area contributed by atoms with Crippen molar-refractivity contribution in [1.29, 1.82) is 0 Å². The number of hydrogen-bond donors (Lipinski definition) is 0. The molecule has 2 aromatic rings. The molecule has 24 heavy (non-hydrogen) atoms. The Hall–Kier alpha value is -2.10. The molecule has 0 atom stereocenters. The number of aryl methyl sites for hydroxylation is 1. The van der Waals surface area contributed by atoms with Crippen molar-refractivity contribution < 1.29 is 0 Å². The van der Waals surface area contributed by atoms with E-state index >= 15 is 0 Å². The number of hydrogen-bond acceptors (Lipinski definition) is 4. The van der Waals surface area contributed by atoms with Crippen LogP contribution in [-0.2, 0) is 13.0 Å². The molecule has 128 valence electrons. The van der Waals surface area contributed by atoms with E-state index in [1.165, 1.54) is 11.1 Å². The molecule has 0 spiro atoms. The van der Waals surface area contributed by atoms with Crippen LogP contribution in [-0.4, -0.2) is 29.6 Å². The van der Waals surface area contributed by atoms with Crippen LogP contribution in [0.1, 0.15) is 43.5 Å². The molecule has 4 heteroatoms. The Labute approximate surface area is 145 Å². The average Bonchev–Trinajstić information content (AvgIpc) is 2.60. The first kappa shape index (κ1) is 16.7. The zero-order chi connectivity index (χ0) is 16.9. The normalized spacial score (nSPS) is 13.7. The predicted molar refractivity (Wildman–Crippen MR) is 101 cm³/mol. The lowest BCUT2D eigenvalue weighted by Gasteiger charge is -2.30. The summed E-state index contributed by atoms with van der Waals surface area (Å²) in [5, 5.41) is 0. The van der Waals surface area contributed by atoms with E-state index in [9.17, 15) is 0 Å². The van der Waals surface area contributed by atoms with Gasteiger partial charge in [0.15, 0.2) is 0 Å². The Morgan fingerprint density at radius 3 is 2.46 bits per heavy atom. The van der Waals surface area contributed by atoms with Gasteiger partial charge in [0.25, 0.3) is 0 Å². The fraction of sp³-hybridized carbons (Fsp3) is 0.500. The van der Waals surface area contributed by atoms with Crippen molar-refractivity contribution in [3.05, 3.63) is 47.2 Å². The first-order valence-electron chi connectivity index (χ1n) is 9.13. The summed E-state index contributed by atoms with van der Waals surface area (Å²) >= 11 is 0. The molecule has 3 rings (SSSR count). The Morgan fingerprint density at radius 2 is 1.75 bits per heavy atom. The molecule has 0 saturated heterocycles. The molecular weight excluding hydrogens is 296 g/mol. The monoisotopic (exact) mass is 324 g/mol. The molecule has 1 aliphatic heterocycles. The maximum absolute atomic E-state index is 4.91. The van der Waals surface area contributed by atoms with Crippen LogP contribution >= 0.6 is 0 Å². The Kier molecular flexibility index (Phi) is 5.34. The van der Waals surface area contributed by atoms with Gasteiger partial charge in [0.2, 0.25) is 5.95 Å². The average molecular weight is 324 g/mol. The highest BCUT2D eigenvalue weighted by Crippen LogP contribution is 2.24. The summed E-state index contributed by atoms with van der Waals surface area (Å²) < 4.78 is 0. The van der Waals surface area contributed by atoms with Crippen LogP contribution in [0, 0.1) is 6.92 Å². The molecular formula is C20H28N4. The van der Waals surface area contributed by atoms with E-state index in [0.29, 0.717) is 0 Å². The number of aromatic nitrogens is 2. The van der Waals surface area contributed by atoms with E-state index in [2.05, 4.69) is 60.9 Å². The fourth-order valence-corrected chi connectivity index (χ4v) is 3.39. The van der Waals surface area contributed by atoms with Crippen LogP contribution in [0.2, 0.25) is 0 Å². The van der Waals surface area contributed by atoms with E-state index in [0.717, 1.165) is 62.9 Å². The van der Waals surface area contributed by atoms with Crippen molar-refractivity contribution in [3.8, 4) is 0 Å². The Bertz CT molecular complexity index is 677. The van der Waals surface area contributed by atoms with Crippen molar-refractivity contribution in [2.75, 3.05) is 29.4 Å². The molecule has 1 aromatic heterocycles. The minimum absolute atomic E-state index is 0.872. The summed E-state index contributed by atoms with van der Waals surface area (Å²) in [5.74, 6) is 1.94. The third kappa shape index (κ3) is 3.69. The van der Waals surface area contributed by atoms with E-state index in [4.69, 9.17) is 9.97 Å². The van der Waals surface area contributed by atoms with Gasteiger partial charge in [0.05, 0.1) is 0 Å². The van der Waals surface area contributed by atoms with Gasteiger partial charge in [-0.05, 0) is 37.3 Å². The third-order valence-corrected chi connectivity index (χ3v) is 4.55. The van der Waals surface area contributed by atoms with Crippen molar-refractivity contribution >= 4 is 11.8 Å². The lowest BCUT2D eigenvalue weighted by atomic mass is 10.0. The summed E-state index contributed by atoms with van der Waals surface area (Å²) in [6, 6.07) is 10.8. The second kappa shape index (κ2) is 7.65. The zero-order valence-electron chi connectivity index (χ0n) is 15.1. The molecule has 0 unspecified atom stereocenters. The van der Waals surface area contributed by atoms with Gasteiger partial charge in [0, 0.05) is 37.9 Å². The molecule has 0 N–H and O–H groups in total. The second-order valence-corrected chi connectivity index (χ2v) is 6.59. The van der Waals surface area contributed by atoms with Crippen LogP contribution in [0.15, 0.2) is 30.3 Å². The molecule has 0 radical (unpaired) electrons. The Morgan fingerprint density at radius 1 is 1.04 bits per heavy atom. The maximum atomic E-state index is 4.91. The molecule has 1 aromatic carbocycles. The van der Waals surface area contributed by atoms with Gasteiger partial charge in [-0.25, -0.2) is 4.98 Å². The number of rotatable bonds is 6. The number of anilines is 2. The number of nitrogens with zero attached hydrogens (tertiary/aromatic N) is 4. The van der Waals surface area contributed by atoms with Crippen molar-refractivity contribution in [2.24, 2.45) is 0 Å². The van der Waals surface area contributed by atoms with E-state index in [1.54, 1.807) is 0 Å². The van der Waals surface area contributed by atoms with E-state index in [-0.39, 0.29) is 0 Å². The molecule has 4 nitrogen and oxygen atoms in total. The predicted octanol–water partition coefficient (Wildman–Crippen LogP) is 3.97. The molecule has 1 aliphatic rings. The van der Waals surface area contributed by atoms with Crippen molar-refractivity contribution in [1.82, 2.24) is 9.97 Å². The van der Waals surface area contributed by atoms with Crippen molar-refractivity contribution in [2.45, 2.75) is 46.6 Å². The summed E-state index contributed by atoms with van der Waals surface area (Å²) in [6.07, 6.45) is 3.33. The first-order valence-corrected chi connectivity index (χ1v) is 9.13. The summed E-state index contributed by atoms with van der Waals surface area (Å²) in [4.78, 5) is 14.3. The maximum Gasteiger partial charge on any atom is 0.227 e. The highest BCUT2D eigenvalue weighted by Gasteiger charge is 2.19. The standard InChI is InChI=1S/C20H28N4/c1-4-11-23(12-5-2)19-14-16(3)21-20(22-19)24-13-10-17-8-6-7-9-18(17)15-24/h6-9,14H,4-5,10-13,15H2,1-3H3. The smallest absolute Gasteiger partial charge is 0.227 e. The minimum Gasteiger partial charge on any atom is -0.356 e. The third-order valence-electron chi connectivity index (χ3n) is 4.55. The van der Waals surface area contributed by atoms with E-state index < -0.39 is 0 Å². The quantitative estimate of drug-likeness (QED) is 0.805. The molecule has 0 bridgehead atoms. The summed E-state index contributed by atoms with van der Waals surface area (Å²) in [6.45, 7) is 10.5. The van der Waals surface area contributed by atoms with E-state index in [1.807, 2.05) is 0 Å². The molecule has 0 saturated carbocycles. The Balaban J connectivity index is 1.86. The SMILES string of the molecule is CCCN(CCC)c1cc(C)nc(N2CCc3ccccc3C2)n1. The van der Waals surface area contributed by atoms with Crippen LogP contribution in [0.5, 0.6) is 0 Å². The van der Waals surface area contributed by atoms with Gasteiger partial charge >= 0.3 is 0 Å². The number of benzene rings is 1. The van der Waals surface area contributed by atoms with Crippen LogP contribution in [0.25, 0.3) is 0 Å². The van der Waals surface area contributed by atoms with Gasteiger partial charge in [-0.2, -0.15) is 4.98 Å². The van der Waals surface area contributed by atoms with Crippen molar-refractivity contribution in [3.63, 3.8) is 0 Å². The highest BCUT2D eigenvalue weighted by molar-refractivity contribution is 5.47. The van der Waals surface area contributed by atoms with Crippen LogP contribution < -0.4 is 9.80 Å². The largest absolute Gasteiger partial charge is 0.356 e. The van der Waals surface area contributed by atoms with Gasteiger partial charge < -0.3 is 9.80 Å². The van der Waals surface area contributed by atoms with Crippen LogP contribution in [0.4, 0.5) is 11.8 Å². The molecule has 0 amide bonds. The second-order valence-electron chi connectivity index (χ2n) is 6.59. The topological polar surface area (TPSA) is 32.3 Å². The van der Waals surface area contributed by atoms with Gasteiger partial charge in [-0.3, -0.25) is 0 Å². The summed E-state index contributed by atoms with van der Waals surface area (Å²) in [7, 11) is 0. The number of fused-ring (bicyclic) bond motifs is 1. The first-order chi connectivity index (χ1) is 11.7. The van der Waals surface area contributed by atoms with Crippen LogP contribution in [0.3, 0.4) is 0 Å². The minimum atomic E-state index is 0.872. The molecule has 0 aliphatic carbocycles. The zero-order valence-corrected chi connectivity index (χ0v) is 15.1.